The fourth-order valence-corrected chi connectivity index (χ4v) is 3.22. The van der Waals surface area contributed by atoms with E-state index in [9.17, 15) is 14.4 Å². The summed E-state index contributed by atoms with van der Waals surface area (Å²) < 4.78 is 0. The topological polar surface area (TPSA) is 93.4 Å². The number of imide groups is 1. The van der Waals surface area contributed by atoms with E-state index < -0.39 is 17.7 Å². The molecule has 1 aliphatic heterocycles. The second-order valence-corrected chi connectivity index (χ2v) is 5.57. The predicted molar refractivity (Wildman–Crippen MR) is 76.0 cm³/mol. The zero-order valence-corrected chi connectivity index (χ0v) is 11.9. The van der Waals surface area contributed by atoms with E-state index in [-0.39, 0.29) is 11.5 Å². The highest BCUT2D eigenvalue weighted by Gasteiger charge is 2.38. The minimum absolute atomic E-state index is 0.240. The number of aromatic nitrogens is 1. The quantitative estimate of drug-likeness (QED) is 0.855. The van der Waals surface area contributed by atoms with Crippen LogP contribution in [0, 0.1) is 0 Å². The normalized spacial score (nSPS) is 15.2. The number of hydrogen-bond acceptors (Lipinski definition) is 5. The first-order valence-electron chi connectivity index (χ1n) is 6.16. The fraction of sp³-hybridized carbons (Fsp3) is 0.143. The Hall–Kier alpha value is -2.54. The number of amides is 3. The van der Waals surface area contributed by atoms with Crippen molar-refractivity contribution in [3.05, 3.63) is 51.5 Å². The van der Waals surface area contributed by atoms with Crippen molar-refractivity contribution in [2.24, 2.45) is 5.73 Å². The third-order valence-electron chi connectivity index (χ3n) is 3.44. The maximum atomic E-state index is 12.3. The lowest BCUT2D eigenvalue weighted by Gasteiger charge is -2.14. The number of rotatable bonds is 3. The SMILES string of the molecule is CN1C(=O)c2cccc(C(C(N)=O)c3nccs3)c2C1=O. The second kappa shape index (κ2) is 4.78. The zero-order valence-electron chi connectivity index (χ0n) is 11.1. The van der Waals surface area contributed by atoms with E-state index in [4.69, 9.17) is 5.73 Å². The van der Waals surface area contributed by atoms with E-state index in [1.165, 1.54) is 18.4 Å². The number of fused-ring (bicyclic) bond motifs is 1. The van der Waals surface area contributed by atoms with Crippen LogP contribution in [-0.2, 0) is 4.79 Å². The molecule has 0 spiro atoms. The van der Waals surface area contributed by atoms with Gasteiger partial charge in [0.2, 0.25) is 5.91 Å². The van der Waals surface area contributed by atoms with Crippen LogP contribution >= 0.6 is 11.3 Å². The second-order valence-electron chi connectivity index (χ2n) is 4.64. The van der Waals surface area contributed by atoms with Gasteiger partial charge in [0.15, 0.2) is 0 Å². The Labute approximate surface area is 124 Å². The van der Waals surface area contributed by atoms with Gasteiger partial charge in [0.05, 0.1) is 11.1 Å². The van der Waals surface area contributed by atoms with E-state index >= 15 is 0 Å². The summed E-state index contributed by atoms with van der Waals surface area (Å²) in [5, 5.41) is 2.23. The largest absolute Gasteiger partial charge is 0.369 e. The molecule has 0 bridgehead atoms. The molecule has 1 aliphatic rings. The average molecular weight is 301 g/mol. The molecule has 1 aromatic carbocycles. The number of carbonyl (C=O) groups excluding carboxylic acids is 3. The summed E-state index contributed by atoms with van der Waals surface area (Å²) in [6.07, 6.45) is 1.57. The van der Waals surface area contributed by atoms with Crippen molar-refractivity contribution in [2.75, 3.05) is 7.05 Å². The van der Waals surface area contributed by atoms with E-state index in [1.54, 1.807) is 29.8 Å². The molecule has 3 amide bonds. The summed E-state index contributed by atoms with van der Waals surface area (Å²) in [5.41, 5.74) is 6.45. The number of primary amides is 1. The molecule has 1 unspecified atom stereocenters. The van der Waals surface area contributed by atoms with Gasteiger partial charge in [-0.1, -0.05) is 12.1 Å². The van der Waals surface area contributed by atoms with Crippen LogP contribution in [0.15, 0.2) is 29.8 Å². The molecule has 6 nitrogen and oxygen atoms in total. The van der Waals surface area contributed by atoms with Crippen molar-refractivity contribution < 1.29 is 14.4 Å². The standard InChI is InChI=1S/C14H11N3O3S/c1-17-13(19)8-4-2-3-7(9(8)14(17)20)10(11(15)18)12-16-5-6-21-12/h2-6,10H,1H3,(H2,15,18). The number of benzene rings is 1. The molecule has 0 fully saturated rings. The minimum Gasteiger partial charge on any atom is -0.369 e. The Balaban J connectivity index is 2.23. The van der Waals surface area contributed by atoms with Crippen molar-refractivity contribution in [3.8, 4) is 0 Å². The molecule has 2 N–H and O–H groups in total. The monoisotopic (exact) mass is 301 g/mol. The summed E-state index contributed by atoms with van der Waals surface area (Å²) in [6, 6.07) is 4.85. The van der Waals surface area contributed by atoms with Crippen molar-refractivity contribution in [3.63, 3.8) is 0 Å². The van der Waals surface area contributed by atoms with Crippen LogP contribution in [0.3, 0.4) is 0 Å². The molecule has 106 valence electrons. The van der Waals surface area contributed by atoms with Crippen LogP contribution in [0.25, 0.3) is 0 Å². The van der Waals surface area contributed by atoms with Gasteiger partial charge in [-0.05, 0) is 11.6 Å². The van der Waals surface area contributed by atoms with Gasteiger partial charge in [-0.3, -0.25) is 19.3 Å². The highest BCUT2D eigenvalue weighted by atomic mass is 32.1. The Morgan fingerprint density at radius 1 is 1.33 bits per heavy atom. The lowest BCUT2D eigenvalue weighted by atomic mass is 9.91. The van der Waals surface area contributed by atoms with Crippen molar-refractivity contribution >= 4 is 29.1 Å². The predicted octanol–water partition coefficient (Wildman–Crippen LogP) is 0.986. The molecule has 0 radical (unpaired) electrons. The Kier molecular flexibility index (Phi) is 3.06. The summed E-state index contributed by atoms with van der Waals surface area (Å²) >= 11 is 1.28. The van der Waals surface area contributed by atoms with Gasteiger partial charge in [0.25, 0.3) is 11.8 Å². The summed E-state index contributed by atoms with van der Waals surface area (Å²) in [7, 11) is 1.41. The van der Waals surface area contributed by atoms with Gasteiger partial charge < -0.3 is 5.73 Å². The molecular weight excluding hydrogens is 290 g/mol. The average Bonchev–Trinajstić information content (AvgIpc) is 3.04. The van der Waals surface area contributed by atoms with Gasteiger partial charge in [-0.2, -0.15) is 0 Å². The molecule has 0 saturated heterocycles. The van der Waals surface area contributed by atoms with Gasteiger partial charge in [-0.25, -0.2) is 4.98 Å². The number of carbonyl (C=O) groups is 3. The summed E-state index contributed by atoms with van der Waals surface area (Å²) in [4.78, 5) is 41.3. The first-order chi connectivity index (χ1) is 10.0. The molecule has 2 heterocycles. The third-order valence-corrected chi connectivity index (χ3v) is 4.28. The highest BCUT2D eigenvalue weighted by Crippen LogP contribution is 2.33. The summed E-state index contributed by atoms with van der Waals surface area (Å²) in [6.45, 7) is 0. The van der Waals surface area contributed by atoms with Crippen LogP contribution in [0.4, 0.5) is 0 Å². The lowest BCUT2D eigenvalue weighted by molar-refractivity contribution is -0.118. The van der Waals surface area contributed by atoms with Gasteiger partial charge in [0.1, 0.15) is 10.9 Å². The molecule has 0 aliphatic carbocycles. The fourth-order valence-electron chi connectivity index (χ4n) is 2.45. The van der Waals surface area contributed by atoms with Crippen LogP contribution in [0.5, 0.6) is 0 Å². The van der Waals surface area contributed by atoms with E-state index in [0.29, 0.717) is 16.1 Å². The van der Waals surface area contributed by atoms with E-state index in [2.05, 4.69) is 4.98 Å². The van der Waals surface area contributed by atoms with E-state index in [0.717, 1.165) is 4.90 Å². The molecule has 3 rings (SSSR count). The van der Waals surface area contributed by atoms with Crippen molar-refractivity contribution in [1.29, 1.82) is 0 Å². The number of hydrogen-bond donors (Lipinski definition) is 1. The lowest BCUT2D eigenvalue weighted by Crippen LogP contribution is -2.26. The van der Waals surface area contributed by atoms with Gasteiger partial charge in [-0.15, -0.1) is 11.3 Å². The van der Waals surface area contributed by atoms with Crippen molar-refractivity contribution in [2.45, 2.75) is 5.92 Å². The van der Waals surface area contributed by atoms with E-state index in [1.807, 2.05) is 0 Å². The maximum absolute atomic E-state index is 12.3. The zero-order chi connectivity index (χ0) is 15.1. The first kappa shape index (κ1) is 13.4. The van der Waals surface area contributed by atoms with Crippen molar-refractivity contribution in [1.82, 2.24) is 9.88 Å². The molecule has 2 aromatic rings. The molecular formula is C14H11N3O3S. The van der Waals surface area contributed by atoms with Crippen LogP contribution in [0.2, 0.25) is 0 Å². The molecule has 1 atom stereocenters. The maximum Gasteiger partial charge on any atom is 0.261 e. The Morgan fingerprint density at radius 2 is 2.10 bits per heavy atom. The Bertz CT molecular complexity index is 755. The Morgan fingerprint density at radius 3 is 2.71 bits per heavy atom. The van der Waals surface area contributed by atoms with Gasteiger partial charge >= 0.3 is 0 Å². The number of thiazole rings is 1. The van der Waals surface area contributed by atoms with Crippen LogP contribution in [0.1, 0.15) is 37.2 Å². The first-order valence-corrected chi connectivity index (χ1v) is 7.04. The van der Waals surface area contributed by atoms with Crippen LogP contribution < -0.4 is 5.73 Å². The highest BCUT2D eigenvalue weighted by molar-refractivity contribution is 7.09. The number of nitrogens with two attached hydrogens (primary N) is 1. The molecule has 21 heavy (non-hydrogen) atoms. The van der Waals surface area contributed by atoms with Gasteiger partial charge in [0, 0.05) is 18.6 Å². The molecule has 1 aromatic heterocycles. The molecule has 7 heteroatoms. The molecule has 0 saturated carbocycles. The third kappa shape index (κ3) is 1.93. The minimum atomic E-state index is -0.830. The summed E-state index contributed by atoms with van der Waals surface area (Å²) in [5.74, 6) is -2.23. The smallest absolute Gasteiger partial charge is 0.261 e. The number of nitrogens with zero attached hydrogens (tertiary/aromatic N) is 2. The van der Waals surface area contributed by atoms with Crippen LogP contribution in [-0.4, -0.2) is 34.7 Å².